The van der Waals surface area contributed by atoms with E-state index in [9.17, 15) is 4.79 Å². The van der Waals surface area contributed by atoms with Gasteiger partial charge >= 0.3 is 6.09 Å². The quantitative estimate of drug-likeness (QED) is 0.759. The van der Waals surface area contributed by atoms with E-state index in [1.54, 1.807) is 0 Å². The number of hydrogen-bond acceptors (Lipinski definition) is 3. The van der Waals surface area contributed by atoms with Crippen LogP contribution in [0.25, 0.3) is 0 Å². The van der Waals surface area contributed by atoms with Crippen molar-refractivity contribution < 1.29 is 9.53 Å². The van der Waals surface area contributed by atoms with Gasteiger partial charge in [0.25, 0.3) is 0 Å². The highest BCUT2D eigenvalue weighted by atomic mass is 16.6. The van der Waals surface area contributed by atoms with E-state index in [0.717, 1.165) is 26.1 Å². The topological polar surface area (TPSA) is 41.6 Å². The van der Waals surface area contributed by atoms with Crippen molar-refractivity contribution in [2.75, 3.05) is 19.6 Å². The Balaban J connectivity index is 2.28. The van der Waals surface area contributed by atoms with E-state index in [4.69, 9.17) is 4.74 Å². The smallest absolute Gasteiger partial charge is 0.407 e. The number of amides is 1. The van der Waals surface area contributed by atoms with Crippen LogP contribution in [0.1, 0.15) is 34.1 Å². The Labute approximate surface area is 92.0 Å². The SMILES string of the molecule is CCN1CCC(OC(=O)NC(C)(C)C)C1. The van der Waals surface area contributed by atoms with Gasteiger partial charge in [-0.25, -0.2) is 4.79 Å². The van der Waals surface area contributed by atoms with Gasteiger partial charge < -0.3 is 10.1 Å². The van der Waals surface area contributed by atoms with Crippen molar-refractivity contribution in [3.8, 4) is 0 Å². The first-order chi connectivity index (χ1) is 6.90. The van der Waals surface area contributed by atoms with Gasteiger partial charge in [0, 0.05) is 18.6 Å². The lowest BCUT2D eigenvalue weighted by molar-refractivity contribution is 0.0946. The molecule has 1 aliphatic heterocycles. The maximum absolute atomic E-state index is 11.5. The van der Waals surface area contributed by atoms with E-state index in [2.05, 4.69) is 17.1 Å². The maximum Gasteiger partial charge on any atom is 0.407 e. The third kappa shape index (κ3) is 4.51. The number of carbonyl (C=O) groups excluding carboxylic acids is 1. The molecule has 0 aromatic carbocycles. The van der Waals surface area contributed by atoms with Gasteiger partial charge in [-0.15, -0.1) is 0 Å². The molecule has 4 heteroatoms. The Bertz CT molecular complexity index is 223. The number of alkyl carbamates (subject to hydrolysis) is 1. The minimum atomic E-state index is -0.301. The Morgan fingerprint density at radius 2 is 2.20 bits per heavy atom. The molecule has 1 heterocycles. The normalized spacial score (nSPS) is 22.8. The lowest BCUT2D eigenvalue weighted by Crippen LogP contribution is -2.42. The highest BCUT2D eigenvalue weighted by Gasteiger charge is 2.25. The fourth-order valence-electron chi connectivity index (χ4n) is 1.67. The standard InChI is InChI=1S/C11H22N2O2/c1-5-13-7-6-9(8-13)15-10(14)12-11(2,3)4/h9H,5-8H2,1-4H3,(H,12,14). The Morgan fingerprint density at radius 1 is 1.53 bits per heavy atom. The van der Waals surface area contributed by atoms with E-state index in [1.165, 1.54) is 0 Å². The highest BCUT2D eigenvalue weighted by Crippen LogP contribution is 2.12. The molecule has 0 aliphatic carbocycles. The molecular weight excluding hydrogens is 192 g/mol. The van der Waals surface area contributed by atoms with Crippen molar-refractivity contribution in [3.63, 3.8) is 0 Å². The zero-order chi connectivity index (χ0) is 11.5. The second-order valence-electron chi connectivity index (χ2n) is 5.08. The molecule has 1 amide bonds. The molecule has 0 bridgehead atoms. The predicted octanol–water partition coefficient (Wildman–Crippen LogP) is 1.61. The van der Waals surface area contributed by atoms with Crippen LogP contribution in [-0.2, 0) is 4.74 Å². The fraction of sp³-hybridized carbons (Fsp3) is 0.909. The first-order valence-electron chi connectivity index (χ1n) is 5.62. The van der Waals surface area contributed by atoms with E-state index in [0.29, 0.717) is 0 Å². The summed E-state index contributed by atoms with van der Waals surface area (Å²) in [5, 5.41) is 2.80. The summed E-state index contributed by atoms with van der Waals surface area (Å²) in [6, 6.07) is 0. The number of rotatable bonds is 2. The summed E-state index contributed by atoms with van der Waals surface area (Å²) in [6.45, 7) is 10.9. The number of carbonyl (C=O) groups is 1. The number of likely N-dealkylation sites (tertiary alicyclic amines) is 1. The Hall–Kier alpha value is -0.770. The maximum atomic E-state index is 11.5. The number of hydrogen-bond donors (Lipinski definition) is 1. The van der Waals surface area contributed by atoms with Gasteiger partial charge in [0.1, 0.15) is 6.10 Å². The average molecular weight is 214 g/mol. The van der Waals surface area contributed by atoms with Crippen LogP contribution in [0.5, 0.6) is 0 Å². The van der Waals surface area contributed by atoms with Crippen LogP contribution in [0.4, 0.5) is 4.79 Å². The molecule has 4 nitrogen and oxygen atoms in total. The van der Waals surface area contributed by atoms with Crippen LogP contribution >= 0.6 is 0 Å². The third-order valence-corrected chi connectivity index (χ3v) is 2.43. The molecule has 1 fully saturated rings. The van der Waals surface area contributed by atoms with Gasteiger partial charge in [-0.2, -0.15) is 0 Å². The summed E-state index contributed by atoms with van der Waals surface area (Å²) in [4.78, 5) is 13.7. The summed E-state index contributed by atoms with van der Waals surface area (Å²) >= 11 is 0. The van der Waals surface area contributed by atoms with E-state index in [-0.39, 0.29) is 17.7 Å². The second-order valence-corrected chi connectivity index (χ2v) is 5.08. The molecule has 0 aromatic heterocycles. The van der Waals surface area contributed by atoms with Gasteiger partial charge in [-0.1, -0.05) is 6.92 Å². The Morgan fingerprint density at radius 3 is 2.67 bits per heavy atom. The minimum Gasteiger partial charge on any atom is -0.445 e. The van der Waals surface area contributed by atoms with E-state index >= 15 is 0 Å². The van der Waals surface area contributed by atoms with Crippen molar-refractivity contribution in [2.24, 2.45) is 0 Å². The molecule has 1 N–H and O–H groups in total. The van der Waals surface area contributed by atoms with Crippen molar-refractivity contribution in [2.45, 2.75) is 45.8 Å². The fourth-order valence-corrected chi connectivity index (χ4v) is 1.67. The summed E-state index contributed by atoms with van der Waals surface area (Å²) in [7, 11) is 0. The van der Waals surface area contributed by atoms with Crippen molar-refractivity contribution >= 4 is 6.09 Å². The average Bonchev–Trinajstić information content (AvgIpc) is 2.48. The molecule has 1 saturated heterocycles. The molecular formula is C11H22N2O2. The molecule has 1 unspecified atom stereocenters. The molecule has 0 saturated carbocycles. The molecule has 0 radical (unpaired) electrons. The van der Waals surface area contributed by atoms with Crippen LogP contribution in [0, 0.1) is 0 Å². The monoisotopic (exact) mass is 214 g/mol. The molecule has 1 aliphatic rings. The minimum absolute atomic E-state index is 0.0623. The number of nitrogens with one attached hydrogen (secondary N) is 1. The van der Waals surface area contributed by atoms with Crippen molar-refractivity contribution in [1.29, 1.82) is 0 Å². The molecule has 15 heavy (non-hydrogen) atoms. The summed E-state index contributed by atoms with van der Waals surface area (Å²) in [5.74, 6) is 0. The van der Waals surface area contributed by atoms with Crippen LogP contribution in [0.3, 0.4) is 0 Å². The first-order valence-corrected chi connectivity index (χ1v) is 5.62. The van der Waals surface area contributed by atoms with Gasteiger partial charge in [0.05, 0.1) is 0 Å². The van der Waals surface area contributed by atoms with Crippen LogP contribution in [0.15, 0.2) is 0 Å². The van der Waals surface area contributed by atoms with Crippen LogP contribution in [0.2, 0.25) is 0 Å². The van der Waals surface area contributed by atoms with Gasteiger partial charge in [-0.05, 0) is 33.7 Å². The van der Waals surface area contributed by atoms with Gasteiger partial charge in [0.15, 0.2) is 0 Å². The summed E-state index contributed by atoms with van der Waals surface area (Å²) < 4.78 is 5.33. The molecule has 1 atom stereocenters. The summed E-state index contributed by atoms with van der Waals surface area (Å²) in [5.41, 5.74) is -0.222. The zero-order valence-electron chi connectivity index (χ0n) is 10.2. The lowest BCUT2D eigenvalue weighted by atomic mass is 10.1. The van der Waals surface area contributed by atoms with Crippen LogP contribution in [-0.4, -0.2) is 42.3 Å². The Kier molecular flexibility index (Phi) is 3.97. The first kappa shape index (κ1) is 12.3. The highest BCUT2D eigenvalue weighted by molar-refractivity contribution is 5.68. The van der Waals surface area contributed by atoms with Crippen LogP contribution < -0.4 is 5.32 Å². The molecule has 0 aromatic rings. The van der Waals surface area contributed by atoms with Gasteiger partial charge in [0.2, 0.25) is 0 Å². The zero-order valence-corrected chi connectivity index (χ0v) is 10.2. The molecule has 88 valence electrons. The molecule has 1 rings (SSSR count). The van der Waals surface area contributed by atoms with E-state index in [1.807, 2.05) is 20.8 Å². The molecule has 0 spiro atoms. The lowest BCUT2D eigenvalue weighted by Gasteiger charge is -2.22. The van der Waals surface area contributed by atoms with E-state index < -0.39 is 0 Å². The predicted molar refractivity (Wildman–Crippen MR) is 59.9 cm³/mol. The van der Waals surface area contributed by atoms with Crippen molar-refractivity contribution in [1.82, 2.24) is 10.2 Å². The number of nitrogens with zero attached hydrogens (tertiary/aromatic N) is 1. The largest absolute Gasteiger partial charge is 0.445 e. The second kappa shape index (κ2) is 4.84. The van der Waals surface area contributed by atoms with Crippen molar-refractivity contribution in [3.05, 3.63) is 0 Å². The number of ether oxygens (including phenoxy) is 1. The summed E-state index contributed by atoms with van der Waals surface area (Å²) in [6.07, 6.45) is 0.712. The third-order valence-electron chi connectivity index (χ3n) is 2.43. The number of likely N-dealkylation sites (N-methyl/N-ethyl adjacent to an activating group) is 1. The van der Waals surface area contributed by atoms with Gasteiger partial charge in [-0.3, -0.25) is 4.90 Å².